The normalized spacial score (nSPS) is 14.3. The van der Waals surface area contributed by atoms with Crippen LogP contribution < -0.4 is 0 Å². The van der Waals surface area contributed by atoms with Crippen LogP contribution in [-0.2, 0) is 18.3 Å². The molecule has 0 amide bonds. The van der Waals surface area contributed by atoms with Crippen molar-refractivity contribution in [3.63, 3.8) is 0 Å². The maximum Gasteiger partial charge on any atom is 0.0340 e. The van der Waals surface area contributed by atoms with Gasteiger partial charge in [-0.25, -0.2) is 0 Å². The van der Waals surface area contributed by atoms with Crippen LogP contribution in [0.4, 0.5) is 0 Å². The third-order valence-electron chi connectivity index (χ3n) is 15.4. The molecule has 0 aliphatic heterocycles. The summed E-state index contributed by atoms with van der Waals surface area (Å²) in [7, 11) is 0. The van der Waals surface area contributed by atoms with Gasteiger partial charge in [-0.15, -0.1) is 0 Å². The van der Waals surface area contributed by atoms with Crippen LogP contribution in [0.25, 0.3) is 87.6 Å². The van der Waals surface area contributed by atoms with Crippen LogP contribution in [0.15, 0.2) is 200 Å². The number of rotatable bonds is 4. The Labute approximate surface area is 374 Å². The minimum Gasteiger partial charge on any atom is -0.0619 e. The first kappa shape index (κ1) is 36.0. The third-order valence-corrected chi connectivity index (χ3v) is 15.4. The minimum absolute atomic E-state index is 0.0305. The standard InChI is InChI=1S/C64H44/c1-64(2)60-25-12-11-22-53(60)54-31-28-42(37-61(54)64)62(41-27-30-52-50-20-8-7-18-48(50)49-19-9-10-21-51(49)57(52)35-41)40-26-29-45-43(32-40)36-59-56(45)34-39-15-4-6-17-46(39)63(59)55-24-13-23-47-44-16-5-3-14-38(44)33-58(47)55/h3-32,34-35,37,62H,33,36H2,1-2H3. The molecule has 0 nitrogen and oxygen atoms in total. The van der Waals surface area contributed by atoms with Gasteiger partial charge < -0.3 is 0 Å². The fourth-order valence-corrected chi connectivity index (χ4v) is 12.5. The highest BCUT2D eigenvalue weighted by atomic mass is 14.4. The van der Waals surface area contributed by atoms with Crippen molar-refractivity contribution in [1.82, 2.24) is 0 Å². The molecule has 0 aromatic heterocycles. The van der Waals surface area contributed by atoms with Crippen molar-refractivity contribution in [2.75, 3.05) is 0 Å². The van der Waals surface area contributed by atoms with Gasteiger partial charge in [0.15, 0.2) is 0 Å². The van der Waals surface area contributed by atoms with Crippen LogP contribution in [-0.4, -0.2) is 0 Å². The van der Waals surface area contributed by atoms with Crippen molar-refractivity contribution in [3.8, 4) is 44.5 Å². The second kappa shape index (κ2) is 13.2. The predicted octanol–water partition coefficient (Wildman–Crippen LogP) is 16.6. The molecule has 300 valence electrons. The van der Waals surface area contributed by atoms with E-state index in [9.17, 15) is 0 Å². The van der Waals surface area contributed by atoms with Gasteiger partial charge in [-0.1, -0.05) is 202 Å². The van der Waals surface area contributed by atoms with E-state index in [0.717, 1.165) is 12.8 Å². The molecule has 1 atom stereocenters. The van der Waals surface area contributed by atoms with Gasteiger partial charge in [-0.05, 0) is 163 Å². The van der Waals surface area contributed by atoms with E-state index in [2.05, 4.69) is 214 Å². The molecule has 11 aromatic carbocycles. The molecule has 0 heteroatoms. The summed E-state index contributed by atoms with van der Waals surface area (Å²) in [6.07, 6.45) is 1.88. The Bertz CT molecular complexity index is 3780. The zero-order valence-corrected chi connectivity index (χ0v) is 36.0. The largest absolute Gasteiger partial charge is 0.0619 e. The number of benzene rings is 11. The maximum absolute atomic E-state index is 2.57. The van der Waals surface area contributed by atoms with E-state index < -0.39 is 0 Å². The van der Waals surface area contributed by atoms with Crippen molar-refractivity contribution in [2.45, 2.75) is 38.0 Å². The van der Waals surface area contributed by atoms with Crippen LogP contribution in [0.1, 0.15) is 69.8 Å². The Kier molecular flexibility index (Phi) is 7.45. The van der Waals surface area contributed by atoms with Crippen LogP contribution in [0, 0.1) is 0 Å². The Morgan fingerprint density at radius 1 is 0.328 bits per heavy atom. The van der Waals surface area contributed by atoms with Crippen LogP contribution in [0.2, 0.25) is 0 Å². The summed E-state index contributed by atoms with van der Waals surface area (Å²) in [5.41, 5.74) is 23.5. The number of fused-ring (bicyclic) bond motifs is 16. The van der Waals surface area contributed by atoms with E-state index in [1.165, 1.54) is 138 Å². The summed E-state index contributed by atoms with van der Waals surface area (Å²) in [6, 6.07) is 76.6. The van der Waals surface area contributed by atoms with Crippen molar-refractivity contribution < 1.29 is 0 Å². The monoisotopic (exact) mass is 812 g/mol. The lowest BCUT2D eigenvalue weighted by molar-refractivity contribution is 0.659. The van der Waals surface area contributed by atoms with Gasteiger partial charge in [0.25, 0.3) is 0 Å². The molecule has 64 heavy (non-hydrogen) atoms. The van der Waals surface area contributed by atoms with Gasteiger partial charge in [0, 0.05) is 11.3 Å². The first-order chi connectivity index (χ1) is 31.5. The molecule has 0 spiro atoms. The second-order valence-corrected chi connectivity index (χ2v) is 19.1. The summed E-state index contributed by atoms with van der Waals surface area (Å²) in [6.45, 7) is 4.80. The summed E-state index contributed by atoms with van der Waals surface area (Å²) in [4.78, 5) is 0. The Morgan fingerprint density at radius 3 is 1.66 bits per heavy atom. The van der Waals surface area contributed by atoms with E-state index in [4.69, 9.17) is 0 Å². The molecule has 3 aliphatic carbocycles. The maximum atomic E-state index is 2.57. The van der Waals surface area contributed by atoms with Gasteiger partial charge in [0.2, 0.25) is 0 Å². The predicted molar refractivity (Wildman–Crippen MR) is 270 cm³/mol. The number of hydrogen-bond donors (Lipinski definition) is 0. The Morgan fingerprint density at radius 2 is 0.859 bits per heavy atom. The molecule has 3 aliphatic rings. The van der Waals surface area contributed by atoms with Crippen LogP contribution >= 0.6 is 0 Å². The molecule has 0 fully saturated rings. The van der Waals surface area contributed by atoms with Crippen molar-refractivity contribution in [1.29, 1.82) is 0 Å². The molecule has 0 bridgehead atoms. The zero-order valence-electron chi connectivity index (χ0n) is 36.0. The number of hydrogen-bond acceptors (Lipinski definition) is 0. The summed E-state index contributed by atoms with van der Waals surface area (Å²) >= 11 is 0. The highest BCUT2D eigenvalue weighted by molar-refractivity contribution is 6.25. The molecule has 14 rings (SSSR count). The first-order valence-corrected chi connectivity index (χ1v) is 23.0. The van der Waals surface area contributed by atoms with Crippen molar-refractivity contribution >= 4 is 43.1 Å². The zero-order chi connectivity index (χ0) is 42.3. The van der Waals surface area contributed by atoms with Crippen molar-refractivity contribution in [2.24, 2.45) is 0 Å². The van der Waals surface area contributed by atoms with Gasteiger partial charge in [-0.3, -0.25) is 0 Å². The summed E-state index contributed by atoms with van der Waals surface area (Å²) < 4.78 is 0. The third kappa shape index (κ3) is 5.00. The second-order valence-electron chi connectivity index (χ2n) is 19.1. The van der Waals surface area contributed by atoms with E-state index in [-0.39, 0.29) is 11.3 Å². The van der Waals surface area contributed by atoms with E-state index >= 15 is 0 Å². The summed E-state index contributed by atoms with van der Waals surface area (Å²) in [5.74, 6) is 0.0305. The minimum atomic E-state index is -0.0953. The summed E-state index contributed by atoms with van der Waals surface area (Å²) in [5, 5.41) is 10.5. The Hall–Kier alpha value is -7.54. The topological polar surface area (TPSA) is 0 Å². The molecular formula is C64H44. The van der Waals surface area contributed by atoms with Gasteiger partial charge >= 0.3 is 0 Å². The molecule has 0 radical (unpaired) electrons. The average Bonchev–Trinajstić information content (AvgIpc) is 3.98. The molecule has 0 N–H and O–H groups in total. The van der Waals surface area contributed by atoms with Crippen LogP contribution in [0.3, 0.4) is 0 Å². The quantitative estimate of drug-likeness (QED) is 0.123. The SMILES string of the molecule is CC1(C)c2ccccc2-c2ccc(C(c3ccc4c(c3)Cc3c-4cc4ccccc4c3-c3cccc4c3Cc3ccccc3-4)c3ccc4c5ccccc5c5ccccc5c4c3)cc21. The fourth-order valence-electron chi connectivity index (χ4n) is 12.5. The first-order valence-electron chi connectivity index (χ1n) is 23.0. The van der Waals surface area contributed by atoms with Gasteiger partial charge in [-0.2, -0.15) is 0 Å². The molecule has 0 saturated heterocycles. The van der Waals surface area contributed by atoms with Gasteiger partial charge in [0.1, 0.15) is 0 Å². The molecular weight excluding hydrogens is 769 g/mol. The lowest BCUT2D eigenvalue weighted by Gasteiger charge is -2.25. The lowest BCUT2D eigenvalue weighted by atomic mass is 9.78. The van der Waals surface area contributed by atoms with E-state index in [0.29, 0.717) is 0 Å². The lowest BCUT2D eigenvalue weighted by Crippen LogP contribution is -2.15. The molecule has 1 unspecified atom stereocenters. The van der Waals surface area contributed by atoms with Gasteiger partial charge in [0.05, 0.1) is 0 Å². The molecule has 0 saturated carbocycles. The van der Waals surface area contributed by atoms with Crippen LogP contribution in [0.5, 0.6) is 0 Å². The average molecular weight is 813 g/mol. The Balaban J connectivity index is 0.970. The smallest absolute Gasteiger partial charge is 0.0340 e. The van der Waals surface area contributed by atoms with E-state index in [1.54, 1.807) is 0 Å². The van der Waals surface area contributed by atoms with Crippen molar-refractivity contribution in [3.05, 3.63) is 250 Å². The highest BCUT2D eigenvalue weighted by Gasteiger charge is 2.36. The fraction of sp³-hybridized carbons (Fsp3) is 0.0938. The highest BCUT2D eigenvalue weighted by Crippen LogP contribution is 2.53. The molecule has 11 aromatic rings. The van der Waals surface area contributed by atoms with E-state index in [1.807, 2.05) is 0 Å². The molecule has 0 heterocycles.